The van der Waals surface area contributed by atoms with Crippen LogP contribution in [-0.4, -0.2) is 45.9 Å². The van der Waals surface area contributed by atoms with Gasteiger partial charge in [0.2, 0.25) is 5.95 Å². The number of fused-ring (bicyclic) bond motifs is 2. The van der Waals surface area contributed by atoms with E-state index in [1.165, 1.54) is 0 Å². The van der Waals surface area contributed by atoms with Gasteiger partial charge in [-0.05, 0) is 42.8 Å². The predicted molar refractivity (Wildman–Crippen MR) is 106 cm³/mol. The van der Waals surface area contributed by atoms with Gasteiger partial charge in [0, 0.05) is 30.4 Å². The number of aromatic nitrogens is 4. The lowest BCUT2D eigenvalue weighted by Crippen LogP contribution is -2.36. The molecule has 27 heavy (non-hydrogen) atoms. The number of morpholine rings is 1. The van der Waals surface area contributed by atoms with Crippen LogP contribution in [0.25, 0.3) is 16.6 Å². The molecule has 3 aromatic heterocycles. The first-order valence-corrected chi connectivity index (χ1v) is 9.08. The number of aryl methyl sites for hydroxylation is 1. The molecule has 1 fully saturated rings. The van der Waals surface area contributed by atoms with Gasteiger partial charge in [-0.25, -0.2) is 4.52 Å². The Morgan fingerprint density at radius 3 is 2.89 bits per heavy atom. The predicted octanol–water partition coefficient (Wildman–Crippen LogP) is 3.17. The van der Waals surface area contributed by atoms with Crippen LogP contribution in [0.15, 0.2) is 48.8 Å². The minimum Gasteiger partial charge on any atom is -0.378 e. The number of benzene rings is 1. The molecule has 0 saturated carbocycles. The van der Waals surface area contributed by atoms with Gasteiger partial charge in [-0.3, -0.25) is 4.98 Å². The van der Waals surface area contributed by atoms with Crippen LogP contribution in [0.2, 0.25) is 0 Å². The van der Waals surface area contributed by atoms with Crippen molar-refractivity contribution in [1.29, 1.82) is 0 Å². The summed E-state index contributed by atoms with van der Waals surface area (Å²) in [5, 5.41) is 9.01. The van der Waals surface area contributed by atoms with E-state index in [2.05, 4.69) is 44.3 Å². The minimum atomic E-state index is 0.584. The third kappa shape index (κ3) is 3.06. The summed E-state index contributed by atoms with van der Waals surface area (Å²) < 4.78 is 7.30. The Morgan fingerprint density at radius 1 is 1.11 bits per heavy atom. The first-order valence-electron chi connectivity index (χ1n) is 9.08. The van der Waals surface area contributed by atoms with E-state index >= 15 is 0 Å². The first kappa shape index (κ1) is 16.0. The van der Waals surface area contributed by atoms with Crippen molar-refractivity contribution in [3.05, 3.63) is 54.4 Å². The average Bonchev–Trinajstić information content (AvgIpc) is 3.11. The van der Waals surface area contributed by atoms with E-state index in [-0.39, 0.29) is 0 Å². The molecule has 136 valence electrons. The molecule has 0 amide bonds. The fourth-order valence-electron chi connectivity index (χ4n) is 3.46. The zero-order chi connectivity index (χ0) is 18.2. The smallest absolute Gasteiger partial charge is 0.247 e. The Morgan fingerprint density at radius 2 is 2.00 bits per heavy atom. The molecule has 5 rings (SSSR count). The summed E-state index contributed by atoms with van der Waals surface area (Å²) in [5.41, 5.74) is 5.02. The number of rotatable bonds is 3. The maximum atomic E-state index is 5.45. The van der Waals surface area contributed by atoms with Crippen molar-refractivity contribution in [2.24, 2.45) is 0 Å². The lowest BCUT2D eigenvalue weighted by atomic mass is 10.2. The maximum absolute atomic E-state index is 5.45. The van der Waals surface area contributed by atoms with Gasteiger partial charge in [0.25, 0.3) is 0 Å². The Kier molecular flexibility index (Phi) is 3.86. The van der Waals surface area contributed by atoms with Gasteiger partial charge in [0.05, 0.1) is 30.6 Å². The molecule has 1 N–H and O–H groups in total. The molecule has 0 unspecified atom stereocenters. The van der Waals surface area contributed by atoms with Gasteiger partial charge < -0.3 is 15.0 Å². The summed E-state index contributed by atoms with van der Waals surface area (Å²) >= 11 is 0. The van der Waals surface area contributed by atoms with Crippen LogP contribution in [0.1, 0.15) is 5.56 Å². The molecule has 0 atom stereocenters. The van der Waals surface area contributed by atoms with Crippen LogP contribution in [0.3, 0.4) is 0 Å². The normalized spacial score (nSPS) is 14.8. The Hall–Kier alpha value is -3.19. The average molecular weight is 360 g/mol. The van der Waals surface area contributed by atoms with Gasteiger partial charge in [0.1, 0.15) is 0 Å². The first-order chi connectivity index (χ1) is 13.3. The fraction of sp³-hybridized carbons (Fsp3) is 0.250. The zero-order valence-corrected chi connectivity index (χ0v) is 15.1. The molecule has 7 heteroatoms. The van der Waals surface area contributed by atoms with Gasteiger partial charge in [-0.15, -0.1) is 5.10 Å². The number of nitrogens with one attached hydrogen (secondary N) is 1. The summed E-state index contributed by atoms with van der Waals surface area (Å²) in [5.74, 6) is 0.584. The monoisotopic (exact) mass is 360 g/mol. The van der Waals surface area contributed by atoms with Gasteiger partial charge in [-0.2, -0.15) is 4.98 Å². The molecule has 1 aliphatic heterocycles. The molecule has 1 saturated heterocycles. The number of hydrogen-bond donors (Lipinski definition) is 1. The molecule has 0 bridgehead atoms. The Labute approximate surface area is 156 Å². The zero-order valence-electron chi connectivity index (χ0n) is 15.1. The second-order valence-electron chi connectivity index (χ2n) is 6.72. The highest BCUT2D eigenvalue weighted by molar-refractivity contribution is 5.82. The fourth-order valence-corrected chi connectivity index (χ4v) is 3.46. The highest BCUT2D eigenvalue weighted by atomic mass is 16.5. The van der Waals surface area contributed by atoms with Crippen molar-refractivity contribution < 1.29 is 4.74 Å². The van der Waals surface area contributed by atoms with E-state index in [0.29, 0.717) is 5.95 Å². The van der Waals surface area contributed by atoms with Crippen molar-refractivity contribution in [1.82, 2.24) is 19.6 Å². The van der Waals surface area contributed by atoms with Crippen molar-refractivity contribution in [3.8, 4) is 0 Å². The third-order valence-corrected chi connectivity index (χ3v) is 4.84. The lowest BCUT2D eigenvalue weighted by molar-refractivity contribution is 0.122. The molecule has 4 heterocycles. The lowest BCUT2D eigenvalue weighted by Gasteiger charge is -2.28. The minimum absolute atomic E-state index is 0.584. The molecule has 0 spiro atoms. The van der Waals surface area contributed by atoms with Crippen LogP contribution in [0.4, 0.5) is 17.3 Å². The maximum Gasteiger partial charge on any atom is 0.247 e. The molecule has 1 aliphatic rings. The molecular formula is C20H20N6O. The second-order valence-corrected chi connectivity index (χ2v) is 6.72. The highest BCUT2D eigenvalue weighted by Gasteiger charge is 2.15. The molecule has 0 radical (unpaired) electrons. The van der Waals surface area contributed by atoms with Gasteiger partial charge >= 0.3 is 0 Å². The van der Waals surface area contributed by atoms with Crippen LogP contribution >= 0.6 is 0 Å². The highest BCUT2D eigenvalue weighted by Crippen LogP contribution is 2.23. The summed E-state index contributed by atoms with van der Waals surface area (Å²) in [6, 6.07) is 12.2. The number of ether oxygens (including phenoxy) is 1. The summed E-state index contributed by atoms with van der Waals surface area (Å²) in [7, 11) is 0. The summed E-state index contributed by atoms with van der Waals surface area (Å²) in [6.07, 6.45) is 3.84. The van der Waals surface area contributed by atoms with E-state index < -0.39 is 0 Å². The van der Waals surface area contributed by atoms with Crippen LogP contribution in [-0.2, 0) is 4.74 Å². The van der Waals surface area contributed by atoms with Crippen molar-refractivity contribution in [2.75, 3.05) is 36.5 Å². The van der Waals surface area contributed by atoms with Gasteiger partial charge in [0.15, 0.2) is 5.65 Å². The van der Waals surface area contributed by atoms with Crippen LogP contribution in [0, 0.1) is 6.92 Å². The molecule has 1 aromatic carbocycles. The van der Waals surface area contributed by atoms with E-state index in [9.17, 15) is 0 Å². The molecule has 0 aliphatic carbocycles. The Balaban J connectivity index is 1.47. The summed E-state index contributed by atoms with van der Waals surface area (Å²) in [6.45, 7) is 5.39. The molecule has 4 aromatic rings. The quantitative estimate of drug-likeness (QED) is 0.605. The molecule has 7 nitrogen and oxygen atoms in total. The number of nitrogens with zero attached hydrogens (tertiary/aromatic N) is 5. The number of pyridine rings is 2. The Bertz CT molecular complexity index is 1120. The SMILES string of the molecule is Cc1cc(N2CCOCC2)cn2nc(Nc3ccc4ncccc4c3)nc12. The van der Waals surface area contributed by atoms with E-state index in [0.717, 1.165) is 59.8 Å². The molecular weight excluding hydrogens is 340 g/mol. The van der Waals surface area contributed by atoms with E-state index in [4.69, 9.17) is 4.74 Å². The van der Waals surface area contributed by atoms with Crippen molar-refractivity contribution in [3.63, 3.8) is 0 Å². The third-order valence-electron chi connectivity index (χ3n) is 4.84. The van der Waals surface area contributed by atoms with E-state index in [1.807, 2.05) is 35.0 Å². The second kappa shape index (κ2) is 6.51. The number of anilines is 3. The standard InChI is InChI=1S/C20H20N6O/c1-14-11-17(25-7-9-27-10-8-25)13-26-19(14)23-20(24-26)22-16-4-5-18-15(12-16)3-2-6-21-18/h2-6,11-13H,7-10H2,1H3,(H,22,24). The van der Waals surface area contributed by atoms with Gasteiger partial charge in [-0.1, -0.05) is 6.07 Å². The van der Waals surface area contributed by atoms with E-state index in [1.54, 1.807) is 6.20 Å². The topological polar surface area (TPSA) is 67.6 Å². The number of hydrogen-bond acceptors (Lipinski definition) is 6. The van der Waals surface area contributed by atoms with Crippen molar-refractivity contribution >= 4 is 33.9 Å². The largest absolute Gasteiger partial charge is 0.378 e. The summed E-state index contributed by atoms with van der Waals surface area (Å²) in [4.78, 5) is 11.3. The van der Waals surface area contributed by atoms with Crippen LogP contribution in [0.5, 0.6) is 0 Å². The van der Waals surface area contributed by atoms with Crippen molar-refractivity contribution in [2.45, 2.75) is 6.92 Å². The van der Waals surface area contributed by atoms with Crippen LogP contribution < -0.4 is 10.2 Å².